The lowest BCUT2D eigenvalue weighted by Crippen LogP contribution is -2.27. The molecule has 4 nitrogen and oxygen atoms in total. The molecule has 0 spiro atoms. The number of likely N-dealkylation sites (tertiary alicyclic amines) is 1. The maximum absolute atomic E-state index is 11.0. The van der Waals surface area contributed by atoms with Crippen molar-refractivity contribution in [3.8, 4) is 0 Å². The second-order valence-electron chi connectivity index (χ2n) is 4.09. The van der Waals surface area contributed by atoms with Crippen LogP contribution in [0.3, 0.4) is 0 Å². The number of amides is 1. The van der Waals surface area contributed by atoms with E-state index in [9.17, 15) is 4.79 Å². The average molecular weight is 284 g/mol. The van der Waals surface area contributed by atoms with Crippen LogP contribution < -0.4 is 5.73 Å². The zero-order chi connectivity index (χ0) is 11.5. The highest BCUT2D eigenvalue weighted by molar-refractivity contribution is 9.10. The molecule has 1 saturated heterocycles. The number of carbonyl (C=O) groups is 1. The summed E-state index contributed by atoms with van der Waals surface area (Å²) in [5.74, 6) is -0.170. The standard InChI is InChI=1S/C11H14BrN3O/c12-10-5-14-3-1-8(10)6-15-4-2-9(7-15)11(13)16/h1,3,5,9H,2,4,6-7H2,(H2,13,16). The Morgan fingerprint density at radius 1 is 1.69 bits per heavy atom. The van der Waals surface area contributed by atoms with Crippen molar-refractivity contribution in [1.29, 1.82) is 0 Å². The smallest absolute Gasteiger partial charge is 0.221 e. The van der Waals surface area contributed by atoms with Crippen molar-refractivity contribution in [3.05, 3.63) is 28.5 Å². The van der Waals surface area contributed by atoms with Gasteiger partial charge in [-0.1, -0.05) is 0 Å². The number of hydrogen-bond donors (Lipinski definition) is 1. The molecule has 0 bridgehead atoms. The van der Waals surface area contributed by atoms with Gasteiger partial charge in [-0.15, -0.1) is 0 Å². The first-order chi connectivity index (χ1) is 7.66. The summed E-state index contributed by atoms with van der Waals surface area (Å²) in [6.45, 7) is 2.54. The summed E-state index contributed by atoms with van der Waals surface area (Å²) < 4.78 is 1.01. The molecule has 1 aromatic rings. The zero-order valence-corrected chi connectivity index (χ0v) is 10.5. The predicted molar refractivity (Wildman–Crippen MR) is 64.5 cm³/mol. The summed E-state index contributed by atoms with van der Waals surface area (Å²) in [6.07, 6.45) is 4.44. The molecule has 2 heterocycles. The molecule has 2 rings (SSSR count). The van der Waals surface area contributed by atoms with Crippen LogP contribution in [0.1, 0.15) is 12.0 Å². The van der Waals surface area contributed by atoms with Crippen LogP contribution in [0.2, 0.25) is 0 Å². The number of halogens is 1. The number of hydrogen-bond acceptors (Lipinski definition) is 3. The molecule has 16 heavy (non-hydrogen) atoms. The third kappa shape index (κ3) is 2.59. The first-order valence-corrected chi connectivity index (χ1v) is 6.06. The summed E-state index contributed by atoms with van der Waals surface area (Å²) in [5.41, 5.74) is 6.49. The summed E-state index contributed by atoms with van der Waals surface area (Å²) in [7, 11) is 0. The molecular formula is C11H14BrN3O. The number of rotatable bonds is 3. The maximum atomic E-state index is 11.0. The fourth-order valence-electron chi connectivity index (χ4n) is 1.98. The highest BCUT2D eigenvalue weighted by Crippen LogP contribution is 2.21. The minimum absolute atomic E-state index is 0.0145. The minimum atomic E-state index is -0.184. The van der Waals surface area contributed by atoms with Crippen molar-refractivity contribution < 1.29 is 4.79 Å². The molecule has 2 N–H and O–H groups in total. The first-order valence-electron chi connectivity index (χ1n) is 5.27. The molecule has 0 saturated carbocycles. The van der Waals surface area contributed by atoms with E-state index >= 15 is 0 Å². The van der Waals surface area contributed by atoms with Crippen molar-refractivity contribution in [1.82, 2.24) is 9.88 Å². The van der Waals surface area contributed by atoms with Crippen LogP contribution in [0.5, 0.6) is 0 Å². The quantitative estimate of drug-likeness (QED) is 0.905. The molecule has 1 unspecified atom stereocenters. The second-order valence-corrected chi connectivity index (χ2v) is 4.94. The van der Waals surface area contributed by atoms with Crippen LogP contribution in [0.25, 0.3) is 0 Å². The van der Waals surface area contributed by atoms with Crippen molar-refractivity contribution in [2.75, 3.05) is 13.1 Å². The molecule has 0 aromatic carbocycles. The highest BCUT2D eigenvalue weighted by Gasteiger charge is 2.26. The number of primary amides is 1. The summed E-state index contributed by atoms with van der Waals surface area (Å²) >= 11 is 3.47. The molecule has 1 aromatic heterocycles. The highest BCUT2D eigenvalue weighted by atomic mass is 79.9. The van der Waals surface area contributed by atoms with Crippen LogP contribution in [0.15, 0.2) is 22.9 Å². The third-order valence-electron chi connectivity index (χ3n) is 2.93. The van der Waals surface area contributed by atoms with E-state index in [0.717, 1.165) is 30.5 Å². The lowest BCUT2D eigenvalue weighted by molar-refractivity contribution is -0.121. The summed E-state index contributed by atoms with van der Waals surface area (Å²) in [5, 5.41) is 0. The van der Waals surface area contributed by atoms with Gasteiger partial charge in [-0.05, 0) is 40.5 Å². The third-order valence-corrected chi connectivity index (χ3v) is 3.64. The van der Waals surface area contributed by atoms with Crippen LogP contribution >= 0.6 is 15.9 Å². The van der Waals surface area contributed by atoms with E-state index < -0.39 is 0 Å². The van der Waals surface area contributed by atoms with Crippen molar-refractivity contribution in [2.24, 2.45) is 11.7 Å². The number of carbonyl (C=O) groups excluding carboxylic acids is 1. The first kappa shape index (κ1) is 11.5. The Labute approximate surface area is 103 Å². The SMILES string of the molecule is NC(=O)C1CCN(Cc2ccncc2Br)C1. The van der Waals surface area contributed by atoms with Crippen LogP contribution in [0.4, 0.5) is 0 Å². The second kappa shape index (κ2) is 4.93. The van der Waals surface area contributed by atoms with Gasteiger partial charge in [-0.3, -0.25) is 14.7 Å². The largest absolute Gasteiger partial charge is 0.369 e. The monoisotopic (exact) mass is 283 g/mol. The van der Waals surface area contributed by atoms with Crippen LogP contribution in [0, 0.1) is 5.92 Å². The molecule has 1 fully saturated rings. The minimum Gasteiger partial charge on any atom is -0.369 e. The van der Waals surface area contributed by atoms with Gasteiger partial charge in [-0.25, -0.2) is 0 Å². The maximum Gasteiger partial charge on any atom is 0.221 e. The van der Waals surface area contributed by atoms with Gasteiger partial charge in [0.15, 0.2) is 0 Å². The number of pyridine rings is 1. The summed E-state index contributed by atoms with van der Waals surface area (Å²) in [4.78, 5) is 17.3. The van der Waals surface area contributed by atoms with Gasteiger partial charge in [0, 0.05) is 30.0 Å². The van der Waals surface area contributed by atoms with E-state index in [1.54, 1.807) is 12.4 Å². The Bertz CT molecular complexity index is 397. The van der Waals surface area contributed by atoms with Gasteiger partial charge < -0.3 is 5.73 Å². The van der Waals surface area contributed by atoms with Crippen LogP contribution in [-0.4, -0.2) is 28.9 Å². The van der Waals surface area contributed by atoms with Gasteiger partial charge in [0.2, 0.25) is 5.91 Å². The molecule has 1 amide bonds. The van der Waals surface area contributed by atoms with Gasteiger partial charge in [0.1, 0.15) is 0 Å². The molecule has 1 aliphatic rings. The van der Waals surface area contributed by atoms with E-state index in [1.165, 1.54) is 5.56 Å². The zero-order valence-electron chi connectivity index (χ0n) is 8.90. The fourth-order valence-corrected chi connectivity index (χ4v) is 2.36. The molecule has 1 aliphatic heterocycles. The van der Waals surface area contributed by atoms with Gasteiger partial charge in [0.05, 0.1) is 5.92 Å². The molecule has 86 valence electrons. The van der Waals surface area contributed by atoms with Crippen molar-refractivity contribution in [2.45, 2.75) is 13.0 Å². The Morgan fingerprint density at radius 2 is 2.50 bits per heavy atom. The van der Waals surface area contributed by atoms with E-state index in [2.05, 4.69) is 25.8 Å². The lowest BCUT2D eigenvalue weighted by atomic mass is 10.1. The molecule has 1 atom stereocenters. The Balaban J connectivity index is 1.97. The van der Waals surface area contributed by atoms with E-state index in [1.807, 2.05) is 6.07 Å². The lowest BCUT2D eigenvalue weighted by Gasteiger charge is -2.15. The number of aromatic nitrogens is 1. The molecule has 0 radical (unpaired) electrons. The van der Waals surface area contributed by atoms with E-state index in [0.29, 0.717) is 0 Å². The Hall–Kier alpha value is -0.940. The molecule has 5 heteroatoms. The normalized spacial score (nSPS) is 21.2. The topological polar surface area (TPSA) is 59.2 Å². The number of nitrogens with zero attached hydrogens (tertiary/aromatic N) is 2. The Kier molecular flexibility index (Phi) is 3.56. The average Bonchev–Trinajstić information content (AvgIpc) is 2.70. The van der Waals surface area contributed by atoms with E-state index in [4.69, 9.17) is 5.73 Å². The Morgan fingerprint density at radius 3 is 3.12 bits per heavy atom. The molecular weight excluding hydrogens is 270 g/mol. The van der Waals surface area contributed by atoms with Crippen molar-refractivity contribution in [3.63, 3.8) is 0 Å². The summed E-state index contributed by atoms with van der Waals surface area (Å²) in [6, 6.07) is 1.99. The van der Waals surface area contributed by atoms with Crippen molar-refractivity contribution >= 4 is 21.8 Å². The van der Waals surface area contributed by atoms with Crippen LogP contribution in [-0.2, 0) is 11.3 Å². The molecule has 0 aliphatic carbocycles. The predicted octanol–water partition coefficient (Wildman–Crippen LogP) is 1.15. The fraction of sp³-hybridized carbons (Fsp3) is 0.455. The van der Waals surface area contributed by atoms with E-state index in [-0.39, 0.29) is 11.8 Å². The van der Waals surface area contributed by atoms with Gasteiger partial charge in [-0.2, -0.15) is 0 Å². The van der Waals surface area contributed by atoms with Gasteiger partial charge in [0.25, 0.3) is 0 Å². The van der Waals surface area contributed by atoms with Gasteiger partial charge >= 0.3 is 0 Å². The number of nitrogens with two attached hydrogens (primary N) is 1.